The van der Waals surface area contributed by atoms with Gasteiger partial charge in [-0.05, 0) is 0 Å². The Balaban J connectivity index is 0.00000192. The molecule has 3 aromatic rings. The molecule has 0 saturated heterocycles. The van der Waals surface area contributed by atoms with Crippen LogP contribution in [0.4, 0.5) is 0 Å². The van der Waals surface area contributed by atoms with Gasteiger partial charge in [-0.2, -0.15) is 0 Å². The Labute approximate surface area is 284 Å². The van der Waals surface area contributed by atoms with Gasteiger partial charge in [0.25, 0.3) is 0 Å². The molecule has 0 aromatic heterocycles. The summed E-state index contributed by atoms with van der Waals surface area (Å²) in [5, 5.41) is 1.53. The quantitative estimate of drug-likeness (QED) is 0.333. The van der Waals surface area contributed by atoms with Crippen LogP contribution in [-0.2, 0) is 21.2 Å². The molecule has 0 spiro atoms. The van der Waals surface area contributed by atoms with Crippen LogP contribution in [0.5, 0.6) is 0 Å². The molecule has 4 aliphatic carbocycles. The van der Waals surface area contributed by atoms with Crippen LogP contribution in [0.1, 0.15) is 36.8 Å². The average Bonchev–Trinajstić information content (AvgIpc) is 3.32. The van der Waals surface area contributed by atoms with Gasteiger partial charge in [-0.15, -0.1) is 0 Å². The molecule has 5 unspecified atom stereocenters. The second-order valence-electron chi connectivity index (χ2n) is 11.7. The first-order chi connectivity index (χ1) is 20.7. The molecule has 0 saturated carbocycles. The summed E-state index contributed by atoms with van der Waals surface area (Å²) in [4.78, 5) is 0. The summed E-state index contributed by atoms with van der Waals surface area (Å²) in [6.07, 6.45) is 24.0. The maximum absolute atomic E-state index is 2.56. The third kappa shape index (κ3) is 6.41. The summed E-state index contributed by atoms with van der Waals surface area (Å²) in [6.45, 7) is 4.85. The molecular formula is C40H36Cl2PZr. The van der Waals surface area contributed by atoms with Crippen molar-refractivity contribution in [3.63, 3.8) is 0 Å². The van der Waals surface area contributed by atoms with Crippen LogP contribution in [0, 0.1) is 0 Å². The van der Waals surface area contributed by atoms with Crippen molar-refractivity contribution in [2.75, 3.05) is 0 Å². The standard InChI is InChI=1S/2C17H15.C6H6P.2ClH.Zr/c2*1-13-11-15-9-5-6-10-16(17(15)12-13)14-7-3-2-4-8-14;7-6-4-2-1-3-5-6;;;/h2*2-12,16H,1H3;1-5,7H;2*1H;/q;;-1;;;+3/p-2. The van der Waals surface area contributed by atoms with Crippen molar-refractivity contribution in [1.82, 2.24) is 0 Å². The molecule has 219 valence electrons. The van der Waals surface area contributed by atoms with Crippen molar-refractivity contribution in [2.45, 2.75) is 32.9 Å². The van der Waals surface area contributed by atoms with E-state index in [0.717, 1.165) is 5.87 Å². The van der Waals surface area contributed by atoms with Gasteiger partial charge >= 0.3 is 262 Å². The van der Waals surface area contributed by atoms with Gasteiger partial charge in [0.2, 0.25) is 0 Å². The summed E-state index contributed by atoms with van der Waals surface area (Å²) in [5.41, 5.74) is 12.1. The van der Waals surface area contributed by atoms with Gasteiger partial charge in [0.15, 0.2) is 0 Å². The zero-order valence-corrected chi connectivity index (χ0v) is 30.0. The SMILES string of the molecule is CC1=CC2=C(C=CC=CC2c2ccccc2)[CH]1[Zr+2]([PH]c1ccccc1)[CH]1C(C)=CC2=C1C=CC=CC2c1ccccc1.[Cl-].[Cl-]. The third-order valence-electron chi connectivity index (χ3n) is 9.02. The van der Waals surface area contributed by atoms with Crippen LogP contribution in [0.2, 0.25) is 7.25 Å². The topological polar surface area (TPSA) is 0 Å². The van der Waals surface area contributed by atoms with E-state index in [1.54, 1.807) is 22.3 Å². The van der Waals surface area contributed by atoms with E-state index >= 15 is 0 Å². The fraction of sp³-hybridized carbons (Fsp3) is 0.150. The monoisotopic (exact) mass is 707 g/mol. The number of rotatable bonds is 6. The van der Waals surface area contributed by atoms with Gasteiger partial charge < -0.3 is 24.8 Å². The molecule has 7 rings (SSSR count). The van der Waals surface area contributed by atoms with Crippen molar-refractivity contribution in [2.24, 2.45) is 0 Å². The van der Waals surface area contributed by atoms with E-state index in [1.807, 2.05) is 0 Å². The molecule has 44 heavy (non-hydrogen) atoms. The fourth-order valence-corrected chi connectivity index (χ4v) is 25.1. The predicted octanol–water partition coefficient (Wildman–Crippen LogP) is 4.44. The number of halogens is 2. The zero-order chi connectivity index (χ0) is 28.5. The summed E-state index contributed by atoms with van der Waals surface area (Å²) in [5.74, 6) is 1.51. The van der Waals surface area contributed by atoms with Crippen molar-refractivity contribution in [3.8, 4) is 0 Å². The Morgan fingerprint density at radius 1 is 0.500 bits per heavy atom. The average molecular weight is 710 g/mol. The van der Waals surface area contributed by atoms with Gasteiger partial charge in [0.1, 0.15) is 0 Å². The van der Waals surface area contributed by atoms with Gasteiger partial charge in [0.05, 0.1) is 0 Å². The Hall–Kier alpha value is -2.53. The minimum atomic E-state index is -2.35. The fourth-order valence-electron chi connectivity index (χ4n) is 7.17. The smallest absolute Gasteiger partial charge is 1.00 e. The first-order valence-corrected chi connectivity index (χ1v) is 22.5. The second kappa shape index (κ2) is 14.7. The zero-order valence-electron chi connectivity index (χ0n) is 25.0. The molecule has 0 amide bonds. The molecule has 0 heterocycles. The van der Waals surface area contributed by atoms with Crippen molar-refractivity contribution >= 4 is 11.2 Å². The van der Waals surface area contributed by atoms with E-state index in [-0.39, 0.29) is 24.8 Å². The van der Waals surface area contributed by atoms with Gasteiger partial charge in [-0.25, -0.2) is 0 Å². The molecule has 0 nitrogen and oxygen atoms in total. The molecule has 0 radical (unpaired) electrons. The maximum atomic E-state index is 2.56. The second-order valence-corrected chi connectivity index (χ2v) is 22.8. The van der Waals surface area contributed by atoms with E-state index < -0.39 is 21.2 Å². The maximum Gasteiger partial charge on any atom is -1.00 e. The number of benzene rings is 3. The molecule has 4 aliphatic rings. The van der Waals surface area contributed by atoms with Crippen LogP contribution in [0.3, 0.4) is 0 Å². The minimum Gasteiger partial charge on any atom is -1.00 e. The van der Waals surface area contributed by atoms with E-state index in [2.05, 4.69) is 166 Å². The first-order valence-electron chi connectivity index (χ1n) is 15.0. The molecule has 0 fully saturated rings. The van der Waals surface area contributed by atoms with Crippen molar-refractivity contribution < 1.29 is 46.0 Å². The molecule has 4 heteroatoms. The van der Waals surface area contributed by atoms with Gasteiger partial charge in [0, 0.05) is 0 Å². The number of hydrogen-bond acceptors (Lipinski definition) is 0. The van der Waals surface area contributed by atoms with Crippen molar-refractivity contribution in [1.29, 1.82) is 0 Å². The summed E-state index contributed by atoms with van der Waals surface area (Å²) < 4.78 is 1.12. The Kier molecular flexibility index (Phi) is 11.0. The molecule has 3 aromatic carbocycles. The summed E-state index contributed by atoms with van der Waals surface area (Å²) in [7, 11) is 0. The Morgan fingerprint density at radius 2 is 0.909 bits per heavy atom. The largest absolute Gasteiger partial charge is 1.00 e. The molecule has 0 bridgehead atoms. The molecule has 0 N–H and O–H groups in total. The number of allylic oxidation sites excluding steroid dienone is 16. The molecule has 5 atom stereocenters. The third-order valence-corrected chi connectivity index (χ3v) is 24.4. The normalized spacial score (nSPS) is 23.4. The van der Waals surface area contributed by atoms with Crippen molar-refractivity contribution in [3.05, 3.63) is 196 Å². The van der Waals surface area contributed by atoms with Crippen LogP contribution >= 0.6 is 5.87 Å². The molecular weight excluding hydrogens is 674 g/mol. The van der Waals surface area contributed by atoms with E-state index in [9.17, 15) is 0 Å². The van der Waals surface area contributed by atoms with Crippen LogP contribution < -0.4 is 30.1 Å². The summed E-state index contributed by atoms with van der Waals surface area (Å²) >= 11 is -2.35. The first kappa shape index (κ1) is 32.9. The summed E-state index contributed by atoms with van der Waals surface area (Å²) in [6, 6.07) is 33.5. The predicted molar refractivity (Wildman–Crippen MR) is 178 cm³/mol. The Morgan fingerprint density at radius 3 is 1.34 bits per heavy atom. The van der Waals surface area contributed by atoms with E-state index in [0.29, 0.717) is 19.1 Å². The molecule has 0 aliphatic heterocycles. The van der Waals surface area contributed by atoms with Gasteiger partial charge in [-0.3, -0.25) is 0 Å². The Bertz CT molecular complexity index is 1620. The minimum absolute atomic E-state index is 0. The van der Waals surface area contributed by atoms with E-state index in [1.165, 1.54) is 27.6 Å². The van der Waals surface area contributed by atoms with Gasteiger partial charge in [-0.1, -0.05) is 0 Å². The van der Waals surface area contributed by atoms with E-state index in [4.69, 9.17) is 0 Å². The van der Waals surface area contributed by atoms with Crippen LogP contribution in [-0.4, -0.2) is 0 Å². The number of hydrogen-bond donors (Lipinski definition) is 0. The van der Waals surface area contributed by atoms with Crippen LogP contribution in [0.25, 0.3) is 0 Å². The van der Waals surface area contributed by atoms with Crippen LogP contribution in [0.15, 0.2) is 185 Å².